The van der Waals surface area contributed by atoms with Crippen LogP contribution in [-0.4, -0.2) is 51.0 Å². The van der Waals surface area contributed by atoms with Gasteiger partial charge in [0.05, 0.1) is 6.26 Å². The van der Waals surface area contributed by atoms with E-state index in [2.05, 4.69) is 4.90 Å². The molecule has 0 unspecified atom stereocenters. The van der Waals surface area contributed by atoms with E-state index in [1.807, 2.05) is 25.1 Å². The first-order valence-electron chi connectivity index (χ1n) is 6.44. The van der Waals surface area contributed by atoms with Crippen molar-refractivity contribution in [1.29, 1.82) is 5.41 Å². The Labute approximate surface area is 119 Å². The topological polar surface area (TPSA) is 90.5 Å². The van der Waals surface area contributed by atoms with Gasteiger partial charge in [-0.3, -0.25) is 5.41 Å². The molecule has 1 fully saturated rings. The Balaban J connectivity index is 2.22. The molecule has 0 spiro atoms. The predicted molar refractivity (Wildman–Crippen MR) is 80.8 cm³/mol. The van der Waals surface area contributed by atoms with Crippen molar-refractivity contribution in [2.75, 3.05) is 37.3 Å². The molecule has 7 heteroatoms. The van der Waals surface area contributed by atoms with Gasteiger partial charge in [-0.1, -0.05) is 6.07 Å². The van der Waals surface area contributed by atoms with Gasteiger partial charge in [-0.25, -0.2) is 8.42 Å². The number of piperazine rings is 1. The second-order valence-corrected chi connectivity index (χ2v) is 7.07. The van der Waals surface area contributed by atoms with Gasteiger partial charge in [0, 0.05) is 37.4 Å². The number of benzene rings is 1. The smallest absolute Gasteiger partial charge is 0.211 e. The molecule has 0 bridgehead atoms. The molecule has 6 nitrogen and oxygen atoms in total. The van der Waals surface area contributed by atoms with Crippen LogP contribution in [0.1, 0.15) is 11.1 Å². The van der Waals surface area contributed by atoms with Crippen LogP contribution in [0.5, 0.6) is 0 Å². The number of aryl methyl sites for hydroxylation is 1. The lowest BCUT2D eigenvalue weighted by atomic mass is 10.1. The highest BCUT2D eigenvalue weighted by Crippen LogP contribution is 2.23. The number of sulfonamides is 1. The average Bonchev–Trinajstić information content (AvgIpc) is 2.37. The van der Waals surface area contributed by atoms with Crippen LogP contribution in [0.3, 0.4) is 0 Å². The summed E-state index contributed by atoms with van der Waals surface area (Å²) in [4.78, 5) is 2.09. The summed E-state index contributed by atoms with van der Waals surface area (Å²) in [5, 5.41) is 7.65. The van der Waals surface area contributed by atoms with Gasteiger partial charge >= 0.3 is 0 Å². The molecule has 1 aliphatic heterocycles. The van der Waals surface area contributed by atoms with Crippen molar-refractivity contribution in [3.05, 3.63) is 29.3 Å². The zero-order valence-electron chi connectivity index (χ0n) is 11.8. The second kappa shape index (κ2) is 5.41. The number of anilines is 1. The molecular weight excluding hydrogens is 276 g/mol. The van der Waals surface area contributed by atoms with E-state index in [4.69, 9.17) is 11.1 Å². The van der Waals surface area contributed by atoms with Gasteiger partial charge in [0.2, 0.25) is 10.0 Å². The minimum absolute atomic E-state index is 0.0329. The van der Waals surface area contributed by atoms with Crippen molar-refractivity contribution in [2.24, 2.45) is 5.73 Å². The SMILES string of the molecule is Cc1ccc(C(=N)N)c(N2CCN(S(C)(=O)=O)CC2)c1. The van der Waals surface area contributed by atoms with Gasteiger partial charge in [0.25, 0.3) is 0 Å². The third-order valence-corrected chi connectivity index (χ3v) is 4.79. The molecule has 1 saturated heterocycles. The van der Waals surface area contributed by atoms with E-state index in [1.54, 1.807) is 0 Å². The highest BCUT2D eigenvalue weighted by molar-refractivity contribution is 7.88. The van der Waals surface area contributed by atoms with Crippen LogP contribution in [0, 0.1) is 12.3 Å². The van der Waals surface area contributed by atoms with Crippen molar-refractivity contribution in [3.8, 4) is 0 Å². The summed E-state index contributed by atoms with van der Waals surface area (Å²) in [6.45, 7) is 4.13. The van der Waals surface area contributed by atoms with Gasteiger partial charge < -0.3 is 10.6 Å². The van der Waals surface area contributed by atoms with Crippen molar-refractivity contribution in [1.82, 2.24) is 4.31 Å². The maximum atomic E-state index is 11.5. The number of rotatable bonds is 3. The summed E-state index contributed by atoms with van der Waals surface area (Å²) in [6.07, 6.45) is 1.23. The molecule has 110 valence electrons. The van der Waals surface area contributed by atoms with E-state index >= 15 is 0 Å². The second-order valence-electron chi connectivity index (χ2n) is 5.08. The number of amidine groups is 1. The summed E-state index contributed by atoms with van der Waals surface area (Å²) < 4.78 is 24.5. The maximum Gasteiger partial charge on any atom is 0.211 e. The minimum atomic E-state index is -3.13. The van der Waals surface area contributed by atoms with Gasteiger partial charge in [0.1, 0.15) is 5.84 Å². The third-order valence-electron chi connectivity index (χ3n) is 3.49. The monoisotopic (exact) mass is 296 g/mol. The van der Waals surface area contributed by atoms with Crippen molar-refractivity contribution >= 4 is 21.5 Å². The first kappa shape index (κ1) is 14.8. The van der Waals surface area contributed by atoms with Crippen molar-refractivity contribution in [2.45, 2.75) is 6.92 Å². The highest BCUT2D eigenvalue weighted by Gasteiger charge is 2.24. The van der Waals surface area contributed by atoms with E-state index in [0.29, 0.717) is 31.7 Å². The maximum absolute atomic E-state index is 11.5. The van der Waals surface area contributed by atoms with E-state index in [9.17, 15) is 8.42 Å². The molecule has 1 aromatic rings. The molecule has 0 saturated carbocycles. The fourth-order valence-corrected chi connectivity index (χ4v) is 3.22. The third kappa shape index (κ3) is 3.10. The molecule has 0 radical (unpaired) electrons. The first-order valence-corrected chi connectivity index (χ1v) is 8.29. The average molecular weight is 296 g/mol. The number of hydrogen-bond acceptors (Lipinski definition) is 4. The molecule has 1 aliphatic rings. The van der Waals surface area contributed by atoms with E-state index in [0.717, 1.165) is 11.3 Å². The lowest BCUT2D eigenvalue weighted by Crippen LogP contribution is -2.48. The Morgan fingerprint density at radius 1 is 1.25 bits per heavy atom. The van der Waals surface area contributed by atoms with E-state index in [1.165, 1.54) is 10.6 Å². The Bertz CT molecular complexity index is 619. The Kier molecular flexibility index (Phi) is 4.01. The fourth-order valence-electron chi connectivity index (χ4n) is 2.39. The molecule has 3 N–H and O–H groups in total. The molecule has 0 amide bonds. The molecular formula is C13H20N4O2S. The predicted octanol–water partition coefficient (Wildman–Crippen LogP) is 0.361. The summed E-state index contributed by atoms with van der Waals surface area (Å²) in [5.41, 5.74) is 8.32. The minimum Gasteiger partial charge on any atom is -0.384 e. The molecule has 2 rings (SSSR count). The van der Waals surface area contributed by atoms with Gasteiger partial charge in [0.15, 0.2) is 0 Å². The molecule has 0 aromatic heterocycles. The highest BCUT2D eigenvalue weighted by atomic mass is 32.2. The van der Waals surface area contributed by atoms with Crippen LogP contribution in [0.25, 0.3) is 0 Å². The quantitative estimate of drug-likeness (QED) is 0.622. The van der Waals surface area contributed by atoms with Gasteiger partial charge in [-0.2, -0.15) is 4.31 Å². The molecule has 0 atom stereocenters. The summed E-state index contributed by atoms with van der Waals surface area (Å²) in [5.74, 6) is 0.0329. The van der Waals surface area contributed by atoms with Gasteiger partial charge in [-0.15, -0.1) is 0 Å². The van der Waals surface area contributed by atoms with E-state index < -0.39 is 10.0 Å². The molecule has 0 aliphatic carbocycles. The normalized spacial score (nSPS) is 17.2. The van der Waals surface area contributed by atoms with Crippen molar-refractivity contribution in [3.63, 3.8) is 0 Å². The Morgan fingerprint density at radius 2 is 1.85 bits per heavy atom. The zero-order valence-corrected chi connectivity index (χ0v) is 12.6. The Morgan fingerprint density at radius 3 is 2.35 bits per heavy atom. The number of nitrogens with zero attached hydrogens (tertiary/aromatic N) is 2. The number of nitrogens with one attached hydrogen (secondary N) is 1. The van der Waals surface area contributed by atoms with Gasteiger partial charge in [-0.05, 0) is 24.6 Å². The first-order chi connectivity index (χ1) is 9.29. The molecule has 1 heterocycles. The number of nitrogen functional groups attached to an aromatic ring is 1. The zero-order chi connectivity index (χ0) is 14.9. The van der Waals surface area contributed by atoms with Crippen LogP contribution in [0.15, 0.2) is 18.2 Å². The summed E-state index contributed by atoms with van der Waals surface area (Å²) in [7, 11) is -3.13. The number of hydrogen-bond donors (Lipinski definition) is 2. The largest absolute Gasteiger partial charge is 0.384 e. The van der Waals surface area contributed by atoms with Crippen LogP contribution < -0.4 is 10.6 Å². The standard InChI is InChI=1S/C13H20N4O2S/c1-10-3-4-11(13(14)15)12(9-10)16-5-7-17(8-6-16)20(2,18)19/h3-4,9H,5-8H2,1-2H3,(H3,14,15). The van der Waals surface area contributed by atoms with Crippen LogP contribution >= 0.6 is 0 Å². The van der Waals surface area contributed by atoms with Crippen molar-refractivity contribution < 1.29 is 8.42 Å². The number of nitrogens with two attached hydrogens (primary N) is 1. The van der Waals surface area contributed by atoms with Crippen LogP contribution in [-0.2, 0) is 10.0 Å². The molecule has 1 aromatic carbocycles. The lowest BCUT2D eigenvalue weighted by Gasteiger charge is -2.35. The van der Waals surface area contributed by atoms with Crippen LogP contribution in [0.2, 0.25) is 0 Å². The summed E-state index contributed by atoms with van der Waals surface area (Å²) in [6, 6.07) is 5.76. The fraction of sp³-hybridized carbons (Fsp3) is 0.462. The molecule has 20 heavy (non-hydrogen) atoms. The Hall–Kier alpha value is -1.60. The summed E-state index contributed by atoms with van der Waals surface area (Å²) >= 11 is 0. The van der Waals surface area contributed by atoms with E-state index in [-0.39, 0.29) is 5.84 Å². The lowest BCUT2D eigenvalue weighted by molar-refractivity contribution is 0.388. The van der Waals surface area contributed by atoms with Crippen LogP contribution in [0.4, 0.5) is 5.69 Å².